The lowest BCUT2D eigenvalue weighted by Gasteiger charge is -2.22. The van der Waals surface area contributed by atoms with Crippen molar-refractivity contribution in [1.82, 2.24) is 10.2 Å². The lowest BCUT2D eigenvalue weighted by Crippen LogP contribution is -2.32. The van der Waals surface area contributed by atoms with Crippen molar-refractivity contribution in [1.29, 1.82) is 0 Å². The molecule has 2 aliphatic rings. The largest absolute Gasteiger partial charge is 0.416 e. The maximum absolute atomic E-state index is 13.0. The van der Waals surface area contributed by atoms with Gasteiger partial charge in [0.05, 0.1) is 18.2 Å². The van der Waals surface area contributed by atoms with Gasteiger partial charge >= 0.3 is 6.18 Å². The molecule has 0 saturated carbocycles. The van der Waals surface area contributed by atoms with E-state index in [-0.39, 0.29) is 6.04 Å². The molecule has 1 aromatic carbocycles. The maximum atomic E-state index is 13.0. The Bertz CT molecular complexity index is 554. The summed E-state index contributed by atoms with van der Waals surface area (Å²) in [5.74, 6) is 6.04. The molecule has 0 aromatic heterocycles. The molecule has 19 heavy (non-hydrogen) atoms. The van der Waals surface area contributed by atoms with Gasteiger partial charge < -0.3 is 5.32 Å². The van der Waals surface area contributed by atoms with Gasteiger partial charge in [0.1, 0.15) is 0 Å². The summed E-state index contributed by atoms with van der Waals surface area (Å²) >= 11 is 0. The van der Waals surface area contributed by atoms with E-state index in [1.807, 2.05) is 4.90 Å². The zero-order valence-electron chi connectivity index (χ0n) is 10.2. The first kappa shape index (κ1) is 12.5. The van der Waals surface area contributed by atoms with Crippen LogP contribution in [0.2, 0.25) is 0 Å². The fourth-order valence-corrected chi connectivity index (χ4v) is 2.69. The molecular weight excluding hydrogens is 253 g/mol. The number of rotatable bonds is 0. The summed E-state index contributed by atoms with van der Waals surface area (Å²) in [6.07, 6.45) is -4.29. The minimum atomic E-state index is -4.29. The number of alkyl halides is 3. The summed E-state index contributed by atoms with van der Waals surface area (Å²) < 4.78 is 39.0. The van der Waals surface area contributed by atoms with Crippen LogP contribution in [0.3, 0.4) is 0 Å². The molecule has 0 aliphatic carbocycles. The predicted octanol–water partition coefficient (Wildman–Crippen LogP) is 2.17. The van der Waals surface area contributed by atoms with Gasteiger partial charge in [0.2, 0.25) is 0 Å². The number of halogens is 3. The molecule has 5 heteroatoms. The molecule has 0 bridgehead atoms. The minimum absolute atomic E-state index is 0.195. The van der Waals surface area contributed by atoms with Crippen molar-refractivity contribution < 1.29 is 13.2 Å². The van der Waals surface area contributed by atoms with Gasteiger partial charge in [-0.2, -0.15) is 13.2 Å². The SMILES string of the molecule is FC(F)(F)c1cccc2c1CN1CCNCC#CC21. The van der Waals surface area contributed by atoms with Crippen LogP contribution in [0.5, 0.6) is 0 Å². The second-order valence-electron chi connectivity index (χ2n) is 4.74. The molecule has 2 nitrogen and oxygen atoms in total. The van der Waals surface area contributed by atoms with Crippen LogP contribution in [0.25, 0.3) is 0 Å². The highest BCUT2D eigenvalue weighted by molar-refractivity contribution is 5.45. The molecule has 1 unspecified atom stereocenters. The number of benzene rings is 1. The monoisotopic (exact) mass is 266 g/mol. The van der Waals surface area contributed by atoms with E-state index in [0.717, 1.165) is 12.6 Å². The third-order valence-electron chi connectivity index (χ3n) is 3.57. The Balaban J connectivity index is 2.07. The Morgan fingerprint density at radius 2 is 2.16 bits per heavy atom. The van der Waals surface area contributed by atoms with E-state index >= 15 is 0 Å². The van der Waals surface area contributed by atoms with Crippen LogP contribution in [0.4, 0.5) is 13.2 Å². The Morgan fingerprint density at radius 3 is 2.95 bits per heavy atom. The van der Waals surface area contributed by atoms with Gasteiger partial charge in [-0.1, -0.05) is 24.0 Å². The molecule has 0 amide bonds. The van der Waals surface area contributed by atoms with Gasteiger partial charge in [-0.15, -0.1) is 0 Å². The second-order valence-corrected chi connectivity index (χ2v) is 4.74. The fourth-order valence-electron chi connectivity index (χ4n) is 2.69. The molecule has 1 aromatic rings. The quantitative estimate of drug-likeness (QED) is 0.724. The predicted molar refractivity (Wildman–Crippen MR) is 65.2 cm³/mol. The topological polar surface area (TPSA) is 15.3 Å². The third-order valence-corrected chi connectivity index (χ3v) is 3.57. The first-order chi connectivity index (χ1) is 9.07. The highest BCUT2D eigenvalue weighted by atomic mass is 19.4. The van der Waals surface area contributed by atoms with Crippen LogP contribution in [0.1, 0.15) is 22.7 Å². The van der Waals surface area contributed by atoms with Crippen LogP contribution in [0, 0.1) is 11.8 Å². The average molecular weight is 266 g/mol. The normalized spacial score (nSPS) is 22.8. The number of nitrogens with zero attached hydrogens (tertiary/aromatic N) is 1. The van der Waals surface area contributed by atoms with Crippen LogP contribution < -0.4 is 5.32 Å². The Morgan fingerprint density at radius 1 is 1.32 bits per heavy atom. The lowest BCUT2D eigenvalue weighted by atomic mass is 9.99. The maximum Gasteiger partial charge on any atom is 0.416 e. The molecular formula is C14H13F3N2. The molecule has 0 spiro atoms. The van der Waals surface area contributed by atoms with Gasteiger partial charge in [-0.25, -0.2) is 0 Å². The smallest absolute Gasteiger partial charge is 0.305 e. The van der Waals surface area contributed by atoms with Gasteiger partial charge in [-0.3, -0.25) is 4.90 Å². The van der Waals surface area contributed by atoms with E-state index in [0.29, 0.717) is 30.8 Å². The standard InChI is InChI=1S/C14H13F3N2/c15-14(16,17)12-4-1-3-10-11(12)9-19-8-7-18-6-2-5-13(10)19/h1,3-4,13,18H,6-9H2. The van der Waals surface area contributed by atoms with E-state index in [1.54, 1.807) is 6.07 Å². The zero-order valence-corrected chi connectivity index (χ0v) is 10.2. The summed E-state index contributed by atoms with van der Waals surface area (Å²) in [7, 11) is 0. The fraction of sp³-hybridized carbons (Fsp3) is 0.429. The number of hydrogen-bond donors (Lipinski definition) is 1. The third kappa shape index (κ3) is 2.22. The molecule has 2 heterocycles. The molecule has 1 N–H and O–H groups in total. The zero-order chi connectivity index (χ0) is 13.5. The minimum Gasteiger partial charge on any atom is -0.305 e. The lowest BCUT2D eigenvalue weighted by molar-refractivity contribution is -0.138. The van der Waals surface area contributed by atoms with Gasteiger partial charge in [0.25, 0.3) is 0 Å². The summed E-state index contributed by atoms with van der Waals surface area (Å²) in [4.78, 5) is 2.00. The van der Waals surface area contributed by atoms with E-state index in [4.69, 9.17) is 0 Å². The first-order valence-corrected chi connectivity index (χ1v) is 6.19. The van der Waals surface area contributed by atoms with Crippen molar-refractivity contribution in [3.05, 3.63) is 34.9 Å². The highest BCUT2D eigenvalue weighted by Gasteiger charge is 2.39. The summed E-state index contributed by atoms with van der Waals surface area (Å²) in [5.41, 5.74) is 0.576. The van der Waals surface area contributed by atoms with Crippen LogP contribution in [-0.2, 0) is 12.7 Å². The van der Waals surface area contributed by atoms with Crippen molar-refractivity contribution in [3.8, 4) is 11.8 Å². The molecule has 3 rings (SSSR count). The second kappa shape index (κ2) is 4.55. The number of fused-ring (bicyclic) bond motifs is 3. The van der Waals surface area contributed by atoms with E-state index in [2.05, 4.69) is 17.2 Å². The van der Waals surface area contributed by atoms with Crippen molar-refractivity contribution in [2.75, 3.05) is 19.6 Å². The van der Waals surface area contributed by atoms with Crippen molar-refractivity contribution in [2.24, 2.45) is 0 Å². The van der Waals surface area contributed by atoms with Crippen molar-refractivity contribution in [3.63, 3.8) is 0 Å². The van der Waals surface area contributed by atoms with Gasteiger partial charge in [-0.05, 0) is 17.2 Å². The van der Waals surface area contributed by atoms with Crippen LogP contribution in [-0.4, -0.2) is 24.5 Å². The van der Waals surface area contributed by atoms with Crippen molar-refractivity contribution >= 4 is 0 Å². The van der Waals surface area contributed by atoms with Crippen LogP contribution >= 0.6 is 0 Å². The van der Waals surface area contributed by atoms with E-state index in [9.17, 15) is 13.2 Å². The van der Waals surface area contributed by atoms with Crippen LogP contribution in [0.15, 0.2) is 18.2 Å². The molecule has 0 radical (unpaired) electrons. The summed E-state index contributed by atoms with van der Waals surface area (Å²) in [6, 6.07) is 4.20. The molecule has 0 saturated heterocycles. The highest BCUT2D eigenvalue weighted by Crippen LogP contribution is 2.41. The Labute approximate surface area is 109 Å². The molecule has 1 atom stereocenters. The molecule has 100 valence electrons. The summed E-state index contributed by atoms with van der Waals surface area (Å²) in [6.45, 7) is 2.39. The van der Waals surface area contributed by atoms with E-state index in [1.165, 1.54) is 6.07 Å². The van der Waals surface area contributed by atoms with Gasteiger partial charge in [0.15, 0.2) is 0 Å². The number of hydrogen-bond acceptors (Lipinski definition) is 2. The Hall–Kier alpha value is -1.51. The first-order valence-electron chi connectivity index (χ1n) is 6.19. The molecule has 2 aliphatic heterocycles. The Kier molecular flexibility index (Phi) is 3.00. The molecule has 0 fully saturated rings. The van der Waals surface area contributed by atoms with Crippen molar-refractivity contribution in [2.45, 2.75) is 18.8 Å². The van der Waals surface area contributed by atoms with Gasteiger partial charge in [0, 0.05) is 19.6 Å². The average Bonchev–Trinajstić information content (AvgIpc) is 2.64. The summed E-state index contributed by atoms with van der Waals surface area (Å²) in [5, 5.41) is 3.13. The van der Waals surface area contributed by atoms with E-state index < -0.39 is 11.7 Å². The number of nitrogens with one attached hydrogen (secondary N) is 1.